The molecule has 0 spiro atoms. The van der Waals surface area contributed by atoms with Gasteiger partial charge in [0.05, 0.1) is 6.61 Å². The summed E-state index contributed by atoms with van der Waals surface area (Å²) in [7, 11) is 0. The van der Waals surface area contributed by atoms with Crippen molar-refractivity contribution in [2.45, 2.75) is 25.9 Å². The molecule has 0 heterocycles. The number of hydrogen-bond acceptors (Lipinski definition) is 3. The highest BCUT2D eigenvalue weighted by Crippen LogP contribution is 2.21. The van der Waals surface area contributed by atoms with Gasteiger partial charge in [-0.2, -0.15) is 0 Å². The van der Waals surface area contributed by atoms with Crippen molar-refractivity contribution < 1.29 is 9.53 Å². The average Bonchev–Trinajstić information content (AvgIpc) is 2.54. The fraction of sp³-hybridized carbons (Fsp3) is 0.278. The normalized spacial score (nSPS) is 13.4. The van der Waals surface area contributed by atoms with E-state index in [0.717, 1.165) is 16.9 Å². The van der Waals surface area contributed by atoms with Gasteiger partial charge in [0.15, 0.2) is 0 Å². The molecule has 0 radical (unpaired) electrons. The van der Waals surface area contributed by atoms with E-state index in [9.17, 15) is 4.79 Å². The molecule has 0 bridgehead atoms. The topological polar surface area (TPSA) is 64.3 Å². The quantitative estimate of drug-likeness (QED) is 0.826. The van der Waals surface area contributed by atoms with Crippen LogP contribution in [-0.4, -0.2) is 12.5 Å². The van der Waals surface area contributed by atoms with E-state index in [1.165, 1.54) is 0 Å². The number of primary amides is 1. The molecular weight excluding hydrogens is 276 g/mol. The zero-order valence-corrected chi connectivity index (χ0v) is 13.0. The lowest BCUT2D eigenvalue weighted by Gasteiger charge is -2.22. The van der Waals surface area contributed by atoms with E-state index in [4.69, 9.17) is 10.5 Å². The van der Waals surface area contributed by atoms with Gasteiger partial charge in [0.1, 0.15) is 11.8 Å². The second kappa shape index (κ2) is 7.61. The third-order valence-electron chi connectivity index (χ3n) is 3.53. The van der Waals surface area contributed by atoms with Crippen LogP contribution >= 0.6 is 0 Å². The van der Waals surface area contributed by atoms with Gasteiger partial charge in [0.25, 0.3) is 0 Å². The molecule has 116 valence electrons. The first-order valence-electron chi connectivity index (χ1n) is 7.45. The van der Waals surface area contributed by atoms with Crippen LogP contribution in [0.3, 0.4) is 0 Å². The standard InChI is InChI=1S/C18H22N2O2/c1-3-22-16-11-9-14(10-12-16)13(2)20-17(18(19)21)15-7-5-4-6-8-15/h4-13,17,20H,3H2,1-2H3,(H2,19,21)/t13-,17+/m0/s1. The van der Waals surface area contributed by atoms with Crippen LogP contribution in [-0.2, 0) is 4.79 Å². The highest BCUT2D eigenvalue weighted by atomic mass is 16.5. The summed E-state index contributed by atoms with van der Waals surface area (Å²) in [6.45, 7) is 4.61. The summed E-state index contributed by atoms with van der Waals surface area (Å²) in [6, 6.07) is 16.8. The van der Waals surface area contributed by atoms with Crippen LogP contribution in [0.25, 0.3) is 0 Å². The van der Waals surface area contributed by atoms with Crippen LogP contribution in [0.5, 0.6) is 5.75 Å². The SMILES string of the molecule is CCOc1ccc([C@H](C)N[C@@H](C(N)=O)c2ccccc2)cc1. The van der Waals surface area contributed by atoms with E-state index in [-0.39, 0.29) is 11.9 Å². The third kappa shape index (κ3) is 4.09. The molecular formula is C18H22N2O2. The monoisotopic (exact) mass is 298 g/mol. The van der Waals surface area contributed by atoms with Crippen molar-refractivity contribution in [3.63, 3.8) is 0 Å². The van der Waals surface area contributed by atoms with Crippen molar-refractivity contribution in [1.29, 1.82) is 0 Å². The minimum Gasteiger partial charge on any atom is -0.494 e. The maximum atomic E-state index is 11.7. The fourth-order valence-electron chi connectivity index (χ4n) is 2.35. The second-order valence-electron chi connectivity index (χ2n) is 5.14. The number of benzene rings is 2. The van der Waals surface area contributed by atoms with E-state index < -0.39 is 6.04 Å². The Kier molecular flexibility index (Phi) is 5.55. The zero-order chi connectivity index (χ0) is 15.9. The van der Waals surface area contributed by atoms with Crippen molar-refractivity contribution in [3.05, 3.63) is 65.7 Å². The Morgan fingerprint density at radius 2 is 1.73 bits per heavy atom. The molecule has 0 aliphatic rings. The number of nitrogens with two attached hydrogens (primary N) is 1. The lowest BCUT2D eigenvalue weighted by atomic mass is 10.0. The summed E-state index contributed by atoms with van der Waals surface area (Å²) >= 11 is 0. The Morgan fingerprint density at radius 3 is 2.27 bits per heavy atom. The molecule has 0 unspecified atom stereocenters. The Labute approximate surface area is 131 Å². The molecule has 4 heteroatoms. The minimum atomic E-state index is -0.511. The number of carbonyl (C=O) groups is 1. The highest BCUT2D eigenvalue weighted by molar-refractivity contribution is 5.81. The number of nitrogens with one attached hydrogen (secondary N) is 1. The fourth-order valence-corrected chi connectivity index (χ4v) is 2.35. The lowest BCUT2D eigenvalue weighted by molar-refractivity contribution is -0.120. The molecule has 22 heavy (non-hydrogen) atoms. The van der Waals surface area contributed by atoms with Crippen LogP contribution in [0.1, 0.15) is 37.1 Å². The Hall–Kier alpha value is -2.33. The van der Waals surface area contributed by atoms with E-state index >= 15 is 0 Å². The van der Waals surface area contributed by atoms with E-state index in [2.05, 4.69) is 5.32 Å². The number of rotatable bonds is 7. The van der Waals surface area contributed by atoms with Crippen molar-refractivity contribution in [3.8, 4) is 5.75 Å². The molecule has 0 aromatic heterocycles. The first kappa shape index (κ1) is 16.0. The summed E-state index contributed by atoms with van der Waals surface area (Å²) in [5, 5.41) is 3.29. The van der Waals surface area contributed by atoms with Crippen LogP contribution in [0, 0.1) is 0 Å². The Bertz CT molecular complexity index is 596. The maximum absolute atomic E-state index is 11.7. The van der Waals surface area contributed by atoms with Crippen LogP contribution in [0.2, 0.25) is 0 Å². The van der Waals surface area contributed by atoms with Crippen molar-refractivity contribution >= 4 is 5.91 Å². The summed E-state index contributed by atoms with van der Waals surface area (Å²) < 4.78 is 5.43. The summed E-state index contributed by atoms with van der Waals surface area (Å²) in [4.78, 5) is 11.7. The Balaban J connectivity index is 2.11. The average molecular weight is 298 g/mol. The van der Waals surface area contributed by atoms with Gasteiger partial charge < -0.3 is 10.5 Å². The first-order chi connectivity index (χ1) is 10.6. The predicted octanol–water partition coefficient (Wildman–Crippen LogP) is 2.96. The summed E-state index contributed by atoms with van der Waals surface area (Å²) in [5.41, 5.74) is 7.48. The van der Waals surface area contributed by atoms with Crippen LogP contribution in [0.15, 0.2) is 54.6 Å². The largest absolute Gasteiger partial charge is 0.494 e. The number of carbonyl (C=O) groups excluding carboxylic acids is 1. The molecule has 0 aliphatic heterocycles. The molecule has 0 saturated carbocycles. The van der Waals surface area contributed by atoms with Gasteiger partial charge in [-0.15, -0.1) is 0 Å². The first-order valence-corrected chi connectivity index (χ1v) is 7.45. The minimum absolute atomic E-state index is 0.00613. The molecule has 1 amide bonds. The summed E-state index contributed by atoms with van der Waals surface area (Å²) in [6.07, 6.45) is 0. The van der Waals surface area contributed by atoms with Gasteiger partial charge >= 0.3 is 0 Å². The van der Waals surface area contributed by atoms with E-state index in [0.29, 0.717) is 6.61 Å². The zero-order valence-electron chi connectivity index (χ0n) is 13.0. The van der Waals surface area contributed by atoms with E-state index in [1.54, 1.807) is 0 Å². The van der Waals surface area contributed by atoms with Crippen molar-refractivity contribution in [1.82, 2.24) is 5.32 Å². The van der Waals surface area contributed by atoms with Crippen LogP contribution in [0.4, 0.5) is 0 Å². The molecule has 2 aromatic rings. The van der Waals surface area contributed by atoms with Gasteiger partial charge in [-0.25, -0.2) is 0 Å². The number of amides is 1. The Morgan fingerprint density at radius 1 is 1.09 bits per heavy atom. The smallest absolute Gasteiger partial charge is 0.239 e. The van der Waals surface area contributed by atoms with Crippen molar-refractivity contribution in [2.75, 3.05) is 6.61 Å². The number of hydrogen-bond donors (Lipinski definition) is 2. The molecule has 0 aliphatic carbocycles. The van der Waals surface area contributed by atoms with E-state index in [1.807, 2.05) is 68.4 Å². The van der Waals surface area contributed by atoms with Gasteiger partial charge in [-0.3, -0.25) is 10.1 Å². The van der Waals surface area contributed by atoms with Gasteiger partial charge in [0, 0.05) is 6.04 Å². The molecule has 3 N–H and O–H groups in total. The lowest BCUT2D eigenvalue weighted by Crippen LogP contribution is -2.35. The van der Waals surface area contributed by atoms with Crippen molar-refractivity contribution in [2.24, 2.45) is 5.73 Å². The van der Waals surface area contributed by atoms with Gasteiger partial charge in [0.2, 0.25) is 5.91 Å². The molecule has 2 rings (SSSR count). The molecule has 0 saturated heterocycles. The second-order valence-corrected chi connectivity index (χ2v) is 5.14. The predicted molar refractivity (Wildman–Crippen MR) is 87.5 cm³/mol. The molecule has 2 atom stereocenters. The maximum Gasteiger partial charge on any atom is 0.239 e. The van der Waals surface area contributed by atoms with Gasteiger partial charge in [-0.05, 0) is 37.1 Å². The van der Waals surface area contributed by atoms with Gasteiger partial charge in [-0.1, -0.05) is 42.5 Å². The highest BCUT2D eigenvalue weighted by Gasteiger charge is 2.20. The molecule has 2 aromatic carbocycles. The van der Waals surface area contributed by atoms with Crippen LogP contribution < -0.4 is 15.8 Å². The molecule has 0 fully saturated rings. The summed E-state index contributed by atoms with van der Waals surface area (Å²) in [5.74, 6) is 0.456. The molecule has 4 nitrogen and oxygen atoms in total. The number of ether oxygens (including phenoxy) is 1. The third-order valence-corrected chi connectivity index (χ3v) is 3.53.